The second-order valence-electron chi connectivity index (χ2n) is 3.55. The second kappa shape index (κ2) is 3.46. The third kappa shape index (κ3) is 1.46. The van der Waals surface area contributed by atoms with Crippen LogP contribution in [0.5, 0.6) is 0 Å². The van der Waals surface area contributed by atoms with Crippen molar-refractivity contribution in [1.29, 1.82) is 0 Å². The molecule has 1 aromatic rings. The Balaban J connectivity index is 2.32. The second-order valence-corrected chi connectivity index (χ2v) is 3.55. The first-order valence-corrected chi connectivity index (χ1v) is 4.99. The van der Waals surface area contributed by atoms with Crippen molar-refractivity contribution in [2.45, 2.75) is 38.6 Å². The van der Waals surface area contributed by atoms with Crippen molar-refractivity contribution in [1.82, 2.24) is 15.0 Å². The molecule has 0 spiro atoms. The van der Waals surface area contributed by atoms with E-state index in [1.54, 1.807) is 4.80 Å². The van der Waals surface area contributed by atoms with Crippen LogP contribution in [0.3, 0.4) is 0 Å². The third-order valence-corrected chi connectivity index (χ3v) is 2.68. The van der Waals surface area contributed by atoms with Gasteiger partial charge in [-0.05, 0) is 26.2 Å². The van der Waals surface area contributed by atoms with Gasteiger partial charge in [0, 0.05) is 12.5 Å². The van der Waals surface area contributed by atoms with Gasteiger partial charge in [0.1, 0.15) is 0 Å². The summed E-state index contributed by atoms with van der Waals surface area (Å²) in [6.07, 6.45) is 3.45. The van der Waals surface area contributed by atoms with Crippen LogP contribution in [0.25, 0.3) is 0 Å². The van der Waals surface area contributed by atoms with Gasteiger partial charge in [-0.3, -0.25) is 0 Å². The van der Waals surface area contributed by atoms with Crippen molar-refractivity contribution in [3.63, 3.8) is 0 Å². The van der Waals surface area contributed by atoms with Gasteiger partial charge in [-0.25, -0.2) is 0 Å². The van der Waals surface area contributed by atoms with Crippen LogP contribution < -0.4 is 5.73 Å². The summed E-state index contributed by atoms with van der Waals surface area (Å²) >= 11 is 0. The number of fused-ring (bicyclic) bond motifs is 1. The van der Waals surface area contributed by atoms with E-state index in [1.807, 2.05) is 0 Å². The zero-order valence-corrected chi connectivity index (χ0v) is 8.03. The lowest BCUT2D eigenvalue weighted by Crippen LogP contribution is -2.18. The van der Waals surface area contributed by atoms with Crippen LogP contribution in [-0.2, 0) is 13.0 Å². The first-order chi connectivity index (χ1) is 6.35. The molecule has 72 valence electrons. The summed E-state index contributed by atoms with van der Waals surface area (Å²) in [6.45, 7) is 3.61. The van der Waals surface area contributed by atoms with Crippen molar-refractivity contribution in [2.24, 2.45) is 5.73 Å². The van der Waals surface area contributed by atoms with E-state index in [1.165, 1.54) is 18.5 Å². The minimum absolute atomic E-state index is 0.448. The molecule has 13 heavy (non-hydrogen) atoms. The number of aromatic nitrogens is 3. The molecule has 0 aliphatic heterocycles. The normalized spacial score (nSPS) is 21.5. The number of aryl methyl sites for hydroxylation is 2. The van der Waals surface area contributed by atoms with Gasteiger partial charge in [-0.15, -0.1) is 0 Å². The van der Waals surface area contributed by atoms with E-state index in [2.05, 4.69) is 17.1 Å². The number of hydrogen-bond acceptors (Lipinski definition) is 3. The van der Waals surface area contributed by atoms with Crippen molar-refractivity contribution in [3.8, 4) is 0 Å². The first-order valence-electron chi connectivity index (χ1n) is 4.99. The maximum Gasteiger partial charge on any atom is 0.0902 e. The number of nitrogens with zero attached hydrogens (tertiary/aromatic N) is 3. The fourth-order valence-electron chi connectivity index (χ4n) is 1.91. The molecule has 1 aromatic heterocycles. The van der Waals surface area contributed by atoms with E-state index in [9.17, 15) is 0 Å². The molecule has 0 radical (unpaired) electrons. The zero-order chi connectivity index (χ0) is 9.26. The number of nitrogens with two attached hydrogens (primary N) is 1. The Morgan fingerprint density at radius 3 is 3.08 bits per heavy atom. The monoisotopic (exact) mass is 180 g/mol. The molecule has 0 fully saturated rings. The molecule has 0 amide bonds. The molecule has 4 nitrogen and oxygen atoms in total. The van der Waals surface area contributed by atoms with Crippen molar-refractivity contribution in [3.05, 3.63) is 11.4 Å². The summed E-state index contributed by atoms with van der Waals surface area (Å²) in [5.41, 5.74) is 8.01. The molecule has 0 bridgehead atoms. The highest BCUT2D eigenvalue weighted by Gasteiger charge is 2.23. The topological polar surface area (TPSA) is 56.7 Å². The predicted octanol–water partition coefficient (Wildman–Crippen LogP) is 0.677. The van der Waals surface area contributed by atoms with E-state index < -0.39 is 0 Å². The van der Waals surface area contributed by atoms with Crippen LogP contribution in [-0.4, -0.2) is 21.5 Å². The van der Waals surface area contributed by atoms with E-state index >= 15 is 0 Å². The summed E-state index contributed by atoms with van der Waals surface area (Å²) in [6, 6.07) is 0. The summed E-state index contributed by atoms with van der Waals surface area (Å²) < 4.78 is 0. The van der Waals surface area contributed by atoms with Gasteiger partial charge < -0.3 is 5.73 Å². The summed E-state index contributed by atoms with van der Waals surface area (Å²) in [7, 11) is 0. The molecular weight excluding hydrogens is 164 g/mol. The molecule has 0 saturated heterocycles. The smallest absolute Gasteiger partial charge is 0.0902 e. The number of hydrogen-bond donors (Lipinski definition) is 1. The van der Waals surface area contributed by atoms with Gasteiger partial charge in [0.15, 0.2) is 0 Å². The highest BCUT2D eigenvalue weighted by atomic mass is 15.5. The quantitative estimate of drug-likeness (QED) is 0.728. The first kappa shape index (κ1) is 8.69. The fourth-order valence-corrected chi connectivity index (χ4v) is 1.91. The van der Waals surface area contributed by atoms with Crippen LogP contribution in [0.15, 0.2) is 0 Å². The van der Waals surface area contributed by atoms with Gasteiger partial charge in [0.05, 0.1) is 17.9 Å². The fraction of sp³-hybridized carbons (Fsp3) is 0.778. The highest BCUT2D eigenvalue weighted by Crippen LogP contribution is 2.27. The van der Waals surface area contributed by atoms with Crippen LogP contribution >= 0.6 is 0 Å². The molecule has 0 saturated carbocycles. The average Bonchev–Trinajstić information content (AvgIpc) is 2.59. The van der Waals surface area contributed by atoms with E-state index in [0.29, 0.717) is 12.5 Å². The Morgan fingerprint density at radius 2 is 2.38 bits per heavy atom. The highest BCUT2D eigenvalue weighted by molar-refractivity contribution is 5.18. The Bertz CT molecular complexity index is 292. The summed E-state index contributed by atoms with van der Waals surface area (Å²) in [5.74, 6) is 0.448. The molecule has 2 rings (SSSR count). The largest absolute Gasteiger partial charge is 0.330 e. The van der Waals surface area contributed by atoms with Gasteiger partial charge >= 0.3 is 0 Å². The average molecular weight is 180 g/mol. The lowest BCUT2D eigenvalue weighted by molar-refractivity contribution is 0.536. The molecule has 1 atom stereocenters. The SMILES string of the molecule is CCn1nc2c(n1)C(CN)CCC2. The Labute approximate surface area is 78.1 Å². The predicted molar refractivity (Wildman–Crippen MR) is 50.4 cm³/mol. The van der Waals surface area contributed by atoms with E-state index in [-0.39, 0.29) is 0 Å². The number of rotatable bonds is 2. The standard InChI is InChI=1S/C9H16N4/c1-2-13-11-8-5-3-4-7(6-10)9(8)12-13/h7H,2-6,10H2,1H3. The molecular formula is C9H16N4. The molecule has 1 aliphatic carbocycles. The van der Waals surface area contributed by atoms with Crippen LogP contribution in [0, 0.1) is 0 Å². The molecule has 1 unspecified atom stereocenters. The minimum atomic E-state index is 0.448. The maximum atomic E-state index is 5.69. The van der Waals surface area contributed by atoms with Gasteiger partial charge in [-0.1, -0.05) is 0 Å². The molecule has 1 aliphatic rings. The van der Waals surface area contributed by atoms with E-state index in [4.69, 9.17) is 5.73 Å². The third-order valence-electron chi connectivity index (χ3n) is 2.68. The lowest BCUT2D eigenvalue weighted by Gasteiger charge is -2.17. The maximum absolute atomic E-state index is 5.69. The molecule has 0 aromatic carbocycles. The Morgan fingerprint density at radius 1 is 1.54 bits per heavy atom. The van der Waals surface area contributed by atoms with Crippen molar-refractivity contribution >= 4 is 0 Å². The van der Waals surface area contributed by atoms with Gasteiger partial charge in [0.2, 0.25) is 0 Å². The van der Waals surface area contributed by atoms with Crippen molar-refractivity contribution in [2.75, 3.05) is 6.54 Å². The van der Waals surface area contributed by atoms with Gasteiger partial charge in [0.25, 0.3) is 0 Å². The summed E-state index contributed by atoms with van der Waals surface area (Å²) in [4.78, 5) is 1.78. The van der Waals surface area contributed by atoms with Crippen LogP contribution in [0.2, 0.25) is 0 Å². The van der Waals surface area contributed by atoms with Crippen molar-refractivity contribution < 1.29 is 0 Å². The Hall–Kier alpha value is -0.900. The minimum Gasteiger partial charge on any atom is -0.330 e. The molecule has 4 heteroatoms. The van der Waals surface area contributed by atoms with Crippen LogP contribution in [0.4, 0.5) is 0 Å². The lowest BCUT2D eigenvalue weighted by atomic mass is 9.90. The molecule has 1 heterocycles. The van der Waals surface area contributed by atoms with Crippen LogP contribution in [0.1, 0.15) is 37.1 Å². The van der Waals surface area contributed by atoms with E-state index in [0.717, 1.165) is 18.7 Å². The zero-order valence-electron chi connectivity index (χ0n) is 8.03. The van der Waals surface area contributed by atoms with Gasteiger partial charge in [-0.2, -0.15) is 15.0 Å². The summed E-state index contributed by atoms with van der Waals surface area (Å²) in [5, 5.41) is 8.86. The molecule has 2 N–H and O–H groups in total. The Kier molecular flexibility index (Phi) is 2.31.